The summed E-state index contributed by atoms with van der Waals surface area (Å²) < 4.78 is 0. The number of carbonyl (C=O) groups is 1. The lowest BCUT2D eigenvalue weighted by atomic mass is 9.60. The molecule has 1 aliphatic rings. The highest BCUT2D eigenvalue weighted by atomic mass is 17.1. The van der Waals surface area contributed by atoms with E-state index in [-0.39, 0.29) is 11.2 Å². The molecule has 0 heterocycles. The van der Waals surface area contributed by atoms with E-state index >= 15 is 0 Å². The lowest BCUT2D eigenvalue weighted by Gasteiger charge is -2.49. The molecule has 96 valence electrons. The molecule has 0 bridgehead atoms. The zero-order valence-corrected chi connectivity index (χ0v) is 11.2. The first-order valence-electron chi connectivity index (χ1n) is 5.98. The van der Waals surface area contributed by atoms with Crippen LogP contribution in [-0.4, -0.2) is 16.6 Å². The summed E-state index contributed by atoms with van der Waals surface area (Å²) in [6.45, 7) is 11.4. The van der Waals surface area contributed by atoms with E-state index < -0.39 is 5.60 Å². The Labute approximate surface area is 103 Å². The minimum Gasteiger partial charge on any atom is -0.295 e. The standard InChI is InChI=1S/C14H22O3/c1-10-7-6-8-13(4,5)14(10,17-16)11(2)9-12(3)15/h9,16H,1,6-8H2,2-5H3/b11-9-. The van der Waals surface area contributed by atoms with Gasteiger partial charge in [0.2, 0.25) is 0 Å². The summed E-state index contributed by atoms with van der Waals surface area (Å²) in [5.41, 5.74) is 0.359. The molecule has 0 aromatic rings. The molecule has 0 aliphatic heterocycles. The highest BCUT2D eigenvalue weighted by Crippen LogP contribution is 2.52. The molecule has 1 N–H and O–H groups in total. The van der Waals surface area contributed by atoms with Crippen LogP contribution >= 0.6 is 0 Å². The van der Waals surface area contributed by atoms with Crippen LogP contribution in [0.15, 0.2) is 23.8 Å². The normalized spacial score (nSPS) is 29.2. The minimum atomic E-state index is -0.934. The van der Waals surface area contributed by atoms with E-state index in [2.05, 4.69) is 6.58 Å². The van der Waals surface area contributed by atoms with Crippen LogP contribution in [0.4, 0.5) is 0 Å². The van der Waals surface area contributed by atoms with Gasteiger partial charge in [0.15, 0.2) is 11.4 Å². The number of carbonyl (C=O) groups excluding carboxylic acids is 1. The molecule has 1 fully saturated rings. The molecule has 1 unspecified atom stereocenters. The second-order valence-electron chi connectivity index (χ2n) is 5.55. The fourth-order valence-corrected chi connectivity index (χ4v) is 3.05. The predicted molar refractivity (Wildman–Crippen MR) is 67.7 cm³/mol. The maximum Gasteiger partial charge on any atom is 0.152 e. The third-order valence-electron chi connectivity index (χ3n) is 3.84. The Bertz CT molecular complexity index is 366. The molecule has 0 radical (unpaired) electrons. The molecule has 0 amide bonds. The van der Waals surface area contributed by atoms with Crippen molar-refractivity contribution in [3.63, 3.8) is 0 Å². The molecule has 1 atom stereocenters. The number of ketones is 1. The van der Waals surface area contributed by atoms with Crippen molar-refractivity contribution in [1.29, 1.82) is 0 Å². The predicted octanol–water partition coefficient (Wildman–Crippen LogP) is 3.52. The van der Waals surface area contributed by atoms with Gasteiger partial charge in [-0.1, -0.05) is 20.4 Å². The number of allylic oxidation sites excluding steroid dienone is 1. The first kappa shape index (κ1) is 14.1. The van der Waals surface area contributed by atoms with Crippen LogP contribution in [0, 0.1) is 5.41 Å². The first-order valence-corrected chi connectivity index (χ1v) is 5.98. The zero-order chi connectivity index (χ0) is 13.3. The van der Waals surface area contributed by atoms with Gasteiger partial charge in [0, 0.05) is 5.41 Å². The summed E-state index contributed by atoms with van der Waals surface area (Å²) in [5, 5.41) is 9.42. The first-order chi connectivity index (χ1) is 7.78. The maximum absolute atomic E-state index is 11.2. The van der Waals surface area contributed by atoms with Gasteiger partial charge in [0.25, 0.3) is 0 Å². The second-order valence-corrected chi connectivity index (χ2v) is 5.55. The van der Waals surface area contributed by atoms with Gasteiger partial charge < -0.3 is 0 Å². The largest absolute Gasteiger partial charge is 0.295 e. The maximum atomic E-state index is 11.2. The lowest BCUT2D eigenvalue weighted by Crippen LogP contribution is -2.51. The van der Waals surface area contributed by atoms with Crippen molar-refractivity contribution >= 4 is 5.78 Å². The molecule has 0 aromatic heterocycles. The van der Waals surface area contributed by atoms with E-state index in [0.29, 0.717) is 0 Å². The van der Waals surface area contributed by atoms with Crippen molar-refractivity contribution in [2.75, 3.05) is 0 Å². The van der Waals surface area contributed by atoms with Gasteiger partial charge in [-0.2, -0.15) is 0 Å². The Morgan fingerprint density at radius 3 is 2.47 bits per heavy atom. The third-order valence-corrected chi connectivity index (χ3v) is 3.84. The van der Waals surface area contributed by atoms with Gasteiger partial charge in [-0.05, 0) is 50.3 Å². The van der Waals surface area contributed by atoms with Gasteiger partial charge >= 0.3 is 0 Å². The summed E-state index contributed by atoms with van der Waals surface area (Å²) in [6, 6.07) is 0. The average Bonchev–Trinajstić information content (AvgIpc) is 2.16. The molecule has 0 aromatic carbocycles. The SMILES string of the molecule is C=C1CCCC(C)(C)C1(OO)/C(C)=C\C(C)=O. The molecule has 1 rings (SSSR count). The van der Waals surface area contributed by atoms with Crippen LogP contribution in [0.2, 0.25) is 0 Å². The highest BCUT2D eigenvalue weighted by molar-refractivity contribution is 5.88. The smallest absolute Gasteiger partial charge is 0.152 e. The van der Waals surface area contributed by atoms with E-state index in [1.54, 1.807) is 0 Å². The summed E-state index contributed by atoms with van der Waals surface area (Å²) in [5.74, 6) is -0.0481. The molecular formula is C14H22O3. The Hall–Kier alpha value is -0.930. The number of hydrogen-bond donors (Lipinski definition) is 1. The van der Waals surface area contributed by atoms with Crippen LogP contribution in [0.5, 0.6) is 0 Å². The van der Waals surface area contributed by atoms with Gasteiger partial charge in [-0.3, -0.25) is 10.1 Å². The Morgan fingerprint density at radius 1 is 1.47 bits per heavy atom. The molecule has 1 aliphatic carbocycles. The molecule has 0 spiro atoms. The number of rotatable bonds is 3. The zero-order valence-electron chi connectivity index (χ0n) is 11.2. The monoisotopic (exact) mass is 238 g/mol. The molecule has 0 saturated heterocycles. The summed E-state index contributed by atoms with van der Waals surface area (Å²) in [7, 11) is 0. The van der Waals surface area contributed by atoms with Gasteiger partial charge in [0.1, 0.15) is 0 Å². The van der Waals surface area contributed by atoms with Crippen LogP contribution in [0.3, 0.4) is 0 Å². The average molecular weight is 238 g/mol. The Morgan fingerprint density at radius 2 is 2.06 bits per heavy atom. The summed E-state index contributed by atoms with van der Waals surface area (Å²) in [6.07, 6.45) is 4.29. The van der Waals surface area contributed by atoms with Gasteiger partial charge in [-0.15, -0.1) is 0 Å². The minimum absolute atomic E-state index is 0.0481. The van der Waals surface area contributed by atoms with Crippen LogP contribution in [-0.2, 0) is 9.68 Å². The van der Waals surface area contributed by atoms with Crippen LogP contribution < -0.4 is 0 Å². The van der Waals surface area contributed by atoms with Crippen molar-refractivity contribution < 1.29 is 14.9 Å². The molecule has 1 saturated carbocycles. The van der Waals surface area contributed by atoms with E-state index in [0.717, 1.165) is 30.4 Å². The van der Waals surface area contributed by atoms with Gasteiger partial charge in [-0.25, -0.2) is 4.89 Å². The fraction of sp³-hybridized carbons (Fsp3) is 0.643. The van der Waals surface area contributed by atoms with Gasteiger partial charge in [0.05, 0.1) is 0 Å². The lowest BCUT2D eigenvalue weighted by molar-refractivity contribution is -0.328. The third kappa shape index (κ3) is 2.22. The second kappa shape index (κ2) is 4.75. The van der Waals surface area contributed by atoms with Crippen molar-refractivity contribution in [3.8, 4) is 0 Å². The number of hydrogen-bond acceptors (Lipinski definition) is 3. The quantitative estimate of drug-likeness (QED) is 0.354. The topological polar surface area (TPSA) is 46.5 Å². The van der Waals surface area contributed by atoms with Crippen molar-refractivity contribution in [2.45, 2.75) is 52.6 Å². The highest BCUT2D eigenvalue weighted by Gasteiger charge is 2.52. The summed E-state index contributed by atoms with van der Waals surface area (Å²) in [4.78, 5) is 16.1. The summed E-state index contributed by atoms with van der Waals surface area (Å²) >= 11 is 0. The fourth-order valence-electron chi connectivity index (χ4n) is 3.05. The van der Waals surface area contributed by atoms with Crippen molar-refractivity contribution in [3.05, 3.63) is 23.8 Å². The van der Waals surface area contributed by atoms with E-state index in [1.165, 1.54) is 13.0 Å². The van der Waals surface area contributed by atoms with E-state index in [4.69, 9.17) is 4.89 Å². The van der Waals surface area contributed by atoms with Crippen LogP contribution in [0.25, 0.3) is 0 Å². The van der Waals surface area contributed by atoms with Crippen molar-refractivity contribution in [2.24, 2.45) is 5.41 Å². The molecule has 3 heteroatoms. The molecule has 3 nitrogen and oxygen atoms in total. The van der Waals surface area contributed by atoms with E-state index in [9.17, 15) is 10.1 Å². The van der Waals surface area contributed by atoms with Crippen LogP contribution in [0.1, 0.15) is 47.0 Å². The molecule has 17 heavy (non-hydrogen) atoms. The molecular weight excluding hydrogens is 216 g/mol. The Kier molecular flexibility index (Phi) is 3.95. The Balaban J connectivity index is 3.32. The van der Waals surface area contributed by atoms with E-state index in [1.807, 2.05) is 20.8 Å². The van der Waals surface area contributed by atoms with Crippen molar-refractivity contribution in [1.82, 2.24) is 0 Å².